The second-order valence-electron chi connectivity index (χ2n) is 32.5. The molecule has 6 aromatic carbocycles. The molecule has 24 nitrogen and oxygen atoms in total. The van der Waals surface area contributed by atoms with Crippen molar-refractivity contribution < 1.29 is 99.4 Å². The molecular weight excluding hydrogens is 1480 g/mol. The van der Waals surface area contributed by atoms with Crippen LogP contribution in [0.5, 0.6) is 0 Å². The summed E-state index contributed by atoms with van der Waals surface area (Å²) < 4.78 is 138. The van der Waals surface area contributed by atoms with E-state index in [0.717, 1.165) is 33.4 Å². The van der Waals surface area contributed by atoms with Crippen molar-refractivity contribution in [1.29, 1.82) is 0 Å². The Labute approximate surface area is 671 Å². The van der Waals surface area contributed by atoms with Crippen molar-refractivity contribution in [2.45, 2.75) is 251 Å². The summed E-state index contributed by atoms with van der Waals surface area (Å²) in [4.78, 5) is 17.1. The smallest absolute Gasteiger partial charge is 0.268 e. The van der Waals surface area contributed by atoms with E-state index in [1.807, 2.05) is 196 Å². The van der Waals surface area contributed by atoms with Crippen LogP contribution in [-0.2, 0) is 129 Å². The number of hydrogen-bond acceptors (Lipinski definition) is 22. The monoisotopic (exact) mass is 1590 g/mol. The second kappa shape index (κ2) is 40.7. The van der Waals surface area contributed by atoms with Gasteiger partial charge in [-0.2, -0.15) is 0 Å². The van der Waals surface area contributed by atoms with Gasteiger partial charge in [-0.1, -0.05) is 263 Å². The lowest BCUT2D eigenvalue weighted by Gasteiger charge is -2.51. The lowest BCUT2D eigenvalue weighted by molar-refractivity contribution is -0.381. The maximum absolute atomic E-state index is 13.7. The maximum atomic E-state index is 13.7. The molecule has 620 valence electrons. The summed E-state index contributed by atoms with van der Waals surface area (Å²) in [7, 11) is -4.95. The van der Waals surface area contributed by atoms with Gasteiger partial charge in [-0.05, 0) is 98.6 Å². The molecule has 6 aliphatic heterocycles. The fraction of sp³-hybridized carbons (Fsp3) is 0.596. The molecule has 32 unspecified atom stereocenters. The number of fused-ring (bicyclic) bond motifs is 1. The molecule has 0 spiro atoms. The highest BCUT2D eigenvalue weighted by atomic mass is 31.2. The zero-order chi connectivity index (χ0) is 80.0. The highest BCUT2D eigenvalue weighted by Gasteiger charge is 2.61. The summed E-state index contributed by atoms with van der Waals surface area (Å²) >= 11 is 0. The summed E-state index contributed by atoms with van der Waals surface area (Å²) in [5.74, 6) is -2.28. The van der Waals surface area contributed by atoms with Crippen LogP contribution >= 0.6 is 7.82 Å². The predicted octanol–water partition coefficient (Wildman–Crippen LogP) is 14.7. The van der Waals surface area contributed by atoms with Crippen molar-refractivity contribution in [3.05, 3.63) is 226 Å². The molecule has 32 atom stereocenters. The molecule has 0 amide bonds. The highest BCUT2D eigenvalue weighted by Crippen LogP contribution is 2.56. The van der Waals surface area contributed by atoms with Gasteiger partial charge in [0.25, 0.3) is 7.82 Å². The Morgan fingerprint density at radius 3 is 1.14 bits per heavy atom. The van der Waals surface area contributed by atoms with Gasteiger partial charge in [0.15, 0.2) is 31.5 Å². The van der Waals surface area contributed by atoms with E-state index in [9.17, 15) is 20.1 Å². The first kappa shape index (κ1) is 85.9. The van der Waals surface area contributed by atoms with E-state index in [1.54, 1.807) is 0 Å². The van der Waals surface area contributed by atoms with E-state index in [-0.39, 0.29) is 106 Å². The molecule has 6 aromatic rings. The normalized spacial score (nSPS) is 38.4. The summed E-state index contributed by atoms with van der Waals surface area (Å²) in [6, 6.07) is 57.9. The molecule has 1 saturated carbocycles. The third kappa shape index (κ3) is 21.0. The van der Waals surface area contributed by atoms with Crippen LogP contribution in [0.1, 0.15) is 116 Å². The van der Waals surface area contributed by atoms with Crippen LogP contribution in [0, 0.1) is 59.2 Å². The Balaban J connectivity index is 0.780. The van der Waals surface area contributed by atoms with Gasteiger partial charge in [-0.25, -0.2) is 0 Å². The number of aliphatic hydroxyl groups excluding tert-OH is 1. The molecule has 1 N–H and O–H groups in total. The molecule has 6 saturated heterocycles. The average molecular weight is 1600 g/mol. The second-order valence-corrected chi connectivity index (χ2v) is 33.8. The number of phosphoric acid groups is 1. The molecular formula is C89H117N3O21P-. The standard InChI is InChI=1S/C89H118N3O21P/c1-12-69-53(2)59(8)80(109-89-81(60(9)54(3)70(43-93)104-89)110-88-79(101-49-68-41-29-18-30-42-68)57(6)55(4)71(105-88)50-96-44-63-31-19-13-20-32-63)86(103-69)102-52-72-56(5)58(7)78(100-48-67-39-27-17-28-40-67)87(106-72)108-75-61(10)74(91-92-90)85(107-73(75)51-97-45-64-33-21-14-22-34-64)111-82-76(98-46-65-35-23-15-24-36-65)62(11)77(83-84(82)113-114(94,95)112-83)99-47-66-37-25-16-26-38-66/h13-42,53-62,69-89,93H,12,43-52H2,1-11H3,(H,94,95)/p-1. The van der Waals surface area contributed by atoms with E-state index < -0.39 is 137 Å². The van der Waals surface area contributed by atoms with Crippen LogP contribution in [-0.4, -0.2) is 161 Å². The van der Waals surface area contributed by atoms with Crippen LogP contribution in [0.25, 0.3) is 10.4 Å². The number of nitrogens with zero attached hydrogens (tertiary/aromatic N) is 3. The van der Waals surface area contributed by atoms with E-state index in [2.05, 4.69) is 72.3 Å². The van der Waals surface area contributed by atoms with Gasteiger partial charge in [0, 0.05) is 10.8 Å². The minimum atomic E-state index is -4.95. The van der Waals surface area contributed by atoms with Gasteiger partial charge in [0.1, 0.15) is 48.8 Å². The largest absolute Gasteiger partial charge is 0.756 e. The Morgan fingerprint density at radius 1 is 0.360 bits per heavy atom. The fourth-order valence-corrected chi connectivity index (χ4v) is 18.5. The summed E-state index contributed by atoms with van der Waals surface area (Å²) in [5, 5.41) is 15.5. The molecule has 0 aromatic heterocycles. The number of hydrogen-bond donors (Lipinski definition) is 1. The first-order valence-electron chi connectivity index (χ1n) is 41.0. The van der Waals surface area contributed by atoms with Crippen molar-refractivity contribution in [2.24, 2.45) is 64.3 Å². The molecule has 0 bridgehead atoms. The highest BCUT2D eigenvalue weighted by molar-refractivity contribution is 7.46. The van der Waals surface area contributed by atoms with Crippen molar-refractivity contribution in [2.75, 3.05) is 26.4 Å². The SMILES string of the molecule is CCC1OC(OCC2OC(OC3C(COCc4ccccc4)OC(OC4C(OCc5ccccc5)C(C)C(OCc5ccccc5)C5OP(=O)([O-])OC45)C(N=[N+]=[N-])C3C)C(OCc3ccccc3)C(C)C2C)C(OC2OC(CO)C(C)C(C)C2OC2OC(COCc3ccccc3)C(C)C(C)C2OCc2ccccc2)C(C)C1C. The van der Waals surface area contributed by atoms with E-state index in [4.69, 9.17) is 84.8 Å². The number of phosphoric ester groups is 1. The minimum Gasteiger partial charge on any atom is -0.756 e. The molecule has 7 fully saturated rings. The van der Waals surface area contributed by atoms with Gasteiger partial charge < -0.3 is 94.8 Å². The number of rotatable bonds is 34. The van der Waals surface area contributed by atoms with Crippen molar-refractivity contribution in [1.82, 2.24) is 0 Å². The molecule has 0 radical (unpaired) electrons. The maximum Gasteiger partial charge on any atom is 0.268 e. The van der Waals surface area contributed by atoms with E-state index in [0.29, 0.717) is 26.2 Å². The minimum absolute atomic E-state index is 0.00844. The van der Waals surface area contributed by atoms with Crippen molar-refractivity contribution in [3.63, 3.8) is 0 Å². The third-order valence-electron chi connectivity index (χ3n) is 25.2. The molecule has 25 heteroatoms. The van der Waals surface area contributed by atoms with Gasteiger partial charge >= 0.3 is 0 Å². The van der Waals surface area contributed by atoms with Gasteiger partial charge in [-0.3, -0.25) is 4.57 Å². The first-order valence-corrected chi connectivity index (χ1v) is 42.4. The van der Waals surface area contributed by atoms with Crippen LogP contribution in [0.4, 0.5) is 0 Å². The molecule has 1 aliphatic carbocycles. The molecule has 13 rings (SSSR count). The zero-order valence-corrected chi connectivity index (χ0v) is 68.3. The number of aliphatic hydroxyl groups is 1. The zero-order valence-electron chi connectivity index (χ0n) is 67.4. The number of benzene rings is 6. The van der Waals surface area contributed by atoms with Crippen LogP contribution in [0.3, 0.4) is 0 Å². The summed E-state index contributed by atoms with van der Waals surface area (Å²) in [6.45, 7) is 24.5. The van der Waals surface area contributed by atoms with Crippen molar-refractivity contribution in [3.8, 4) is 0 Å². The first-order chi connectivity index (χ1) is 55.3. The third-order valence-corrected chi connectivity index (χ3v) is 26.2. The van der Waals surface area contributed by atoms with E-state index in [1.165, 1.54) is 0 Å². The van der Waals surface area contributed by atoms with Gasteiger partial charge in [-0.15, -0.1) is 0 Å². The molecule has 7 aliphatic rings. The van der Waals surface area contributed by atoms with Gasteiger partial charge in [0.05, 0.1) is 115 Å². The Bertz CT molecular complexity index is 3950. The Morgan fingerprint density at radius 2 is 0.693 bits per heavy atom. The Hall–Kier alpha value is -5.94. The van der Waals surface area contributed by atoms with E-state index >= 15 is 0 Å². The topological polar surface area (TPSA) is 275 Å². The number of ether oxygens (including phenoxy) is 16. The molecule has 114 heavy (non-hydrogen) atoms. The summed E-state index contributed by atoms with van der Waals surface area (Å²) in [6.07, 6.45) is -16.4. The lowest BCUT2D eigenvalue weighted by Crippen LogP contribution is -2.64. The Kier molecular flexibility index (Phi) is 30.7. The predicted molar refractivity (Wildman–Crippen MR) is 420 cm³/mol. The van der Waals surface area contributed by atoms with Crippen LogP contribution < -0.4 is 4.89 Å². The van der Waals surface area contributed by atoms with Crippen molar-refractivity contribution >= 4 is 7.82 Å². The summed E-state index contributed by atoms with van der Waals surface area (Å²) in [5.41, 5.74) is 16.3. The quantitative estimate of drug-likeness (QED) is 0.0170. The van der Waals surface area contributed by atoms with Crippen LogP contribution in [0.15, 0.2) is 187 Å². The van der Waals surface area contributed by atoms with Gasteiger partial charge in [0.2, 0.25) is 0 Å². The fourth-order valence-electron chi connectivity index (χ4n) is 17.4. The average Bonchev–Trinajstić information content (AvgIpc) is 1.47. The number of azide groups is 1. The molecule has 6 heterocycles. The van der Waals surface area contributed by atoms with Crippen LogP contribution in [0.2, 0.25) is 0 Å². The lowest BCUT2D eigenvalue weighted by atomic mass is 9.78.